The fourth-order valence-electron chi connectivity index (χ4n) is 1.86. The van der Waals surface area contributed by atoms with Crippen LogP contribution in [-0.2, 0) is 4.74 Å². The minimum Gasteiger partial charge on any atom is -0.462 e. The molecule has 0 saturated carbocycles. The summed E-state index contributed by atoms with van der Waals surface area (Å²) in [5, 5.41) is 0. The third-order valence-corrected chi connectivity index (χ3v) is 2.92. The summed E-state index contributed by atoms with van der Waals surface area (Å²) in [4.78, 5) is 23.7. The second-order valence-electron chi connectivity index (χ2n) is 4.45. The number of aryl methyl sites for hydroxylation is 1. The molecule has 0 saturated heterocycles. The van der Waals surface area contributed by atoms with Crippen LogP contribution >= 0.6 is 0 Å². The topological polar surface area (TPSA) is 52.6 Å². The summed E-state index contributed by atoms with van der Waals surface area (Å²) in [6.07, 6.45) is 0. The van der Waals surface area contributed by atoms with Gasteiger partial charge in [-0.1, -0.05) is 24.3 Å². The summed E-state index contributed by atoms with van der Waals surface area (Å²) in [6.45, 7) is 3.87. The van der Waals surface area contributed by atoms with Crippen molar-refractivity contribution in [3.63, 3.8) is 0 Å². The highest BCUT2D eigenvalue weighted by Crippen LogP contribution is 2.17. The number of hydrogen-bond acceptors (Lipinski definition) is 4. The quantitative estimate of drug-likeness (QED) is 0.638. The minimum absolute atomic E-state index is 0.298. The molecule has 108 valence electrons. The van der Waals surface area contributed by atoms with Crippen LogP contribution in [0.1, 0.15) is 33.2 Å². The lowest BCUT2D eigenvalue weighted by Gasteiger charge is -2.08. The lowest BCUT2D eigenvalue weighted by molar-refractivity contribution is 0.0524. The maximum Gasteiger partial charge on any atom is 0.343 e. The van der Waals surface area contributed by atoms with E-state index >= 15 is 0 Å². The van der Waals surface area contributed by atoms with Gasteiger partial charge < -0.3 is 9.47 Å². The van der Waals surface area contributed by atoms with E-state index in [2.05, 4.69) is 0 Å². The monoisotopic (exact) mass is 284 g/mol. The van der Waals surface area contributed by atoms with E-state index in [1.165, 1.54) is 6.07 Å². The van der Waals surface area contributed by atoms with Crippen molar-refractivity contribution in [1.29, 1.82) is 0 Å². The molecule has 0 atom stereocenters. The Balaban J connectivity index is 2.17. The van der Waals surface area contributed by atoms with Crippen molar-refractivity contribution in [3.8, 4) is 5.75 Å². The van der Waals surface area contributed by atoms with Gasteiger partial charge in [0.1, 0.15) is 5.75 Å². The molecule has 0 N–H and O–H groups in total. The number of hydrogen-bond donors (Lipinski definition) is 0. The van der Waals surface area contributed by atoms with Gasteiger partial charge in [-0.05, 0) is 43.7 Å². The van der Waals surface area contributed by atoms with Gasteiger partial charge in [-0.3, -0.25) is 0 Å². The van der Waals surface area contributed by atoms with E-state index in [4.69, 9.17) is 9.47 Å². The van der Waals surface area contributed by atoms with Crippen LogP contribution in [0.2, 0.25) is 0 Å². The molecule has 21 heavy (non-hydrogen) atoms. The summed E-state index contributed by atoms with van der Waals surface area (Å²) < 4.78 is 10.2. The highest BCUT2D eigenvalue weighted by molar-refractivity contribution is 5.93. The minimum atomic E-state index is -0.450. The Morgan fingerprint density at radius 1 is 1.00 bits per heavy atom. The third kappa shape index (κ3) is 3.69. The molecule has 2 aromatic rings. The van der Waals surface area contributed by atoms with Gasteiger partial charge in [0.05, 0.1) is 17.7 Å². The van der Waals surface area contributed by atoms with Crippen LogP contribution in [-0.4, -0.2) is 18.5 Å². The summed E-state index contributed by atoms with van der Waals surface area (Å²) in [5.74, 6) is -0.575. The van der Waals surface area contributed by atoms with Gasteiger partial charge >= 0.3 is 11.9 Å². The van der Waals surface area contributed by atoms with Gasteiger partial charge in [-0.25, -0.2) is 9.59 Å². The number of ether oxygens (including phenoxy) is 2. The number of carbonyl (C=O) groups excluding carboxylic acids is 2. The first-order valence-corrected chi connectivity index (χ1v) is 6.67. The normalized spacial score (nSPS) is 10.0. The Labute approximate surface area is 123 Å². The molecule has 0 aliphatic heterocycles. The van der Waals surface area contributed by atoms with E-state index in [9.17, 15) is 9.59 Å². The molecule has 0 heterocycles. The van der Waals surface area contributed by atoms with Crippen LogP contribution in [0, 0.1) is 6.92 Å². The van der Waals surface area contributed by atoms with Crippen molar-refractivity contribution in [2.45, 2.75) is 13.8 Å². The average molecular weight is 284 g/mol. The third-order valence-electron chi connectivity index (χ3n) is 2.92. The highest BCUT2D eigenvalue weighted by atomic mass is 16.5. The van der Waals surface area contributed by atoms with E-state index in [0.717, 1.165) is 5.56 Å². The Kier molecular flexibility index (Phi) is 4.72. The lowest BCUT2D eigenvalue weighted by Crippen LogP contribution is -2.11. The van der Waals surface area contributed by atoms with E-state index in [-0.39, 0.29) is 0 Å². The molecule has 0 aromatic heterocycles. The molecule has 0 unspecified atom stereocenters. The summed E-state index contributed by atoms with van der Waals surface area (Å²) in [5.41, 5.74) is 1.69. The second-order valence-corrected chi connectivity index (χ2v) is 4.45. The number of carbonyl (C=O) groups is 2. The Bertz CT molecular complexity index is 661. The van der Waals surface area contributed by atoms with Crippen LogP contribution in [0.25, 0.3) is 0 Å². The maximum absolute atomic E-state index is 12.1. The van der Waals surface area contributed by atoms with Crippen LogP contribution < -0.4 is 4.74 Å². The van der Waals surface area contributed by atoms with E-state index in [1.54, 1.807) is 37.3 Å². The number of benzene rings is 2. The summed E-state index contributed by atoms with van der Waals surface area (Å²) in [6, 6.07) is 13.5. The molecule has 2 aromatic carbocycles. The molecule has 0 bridgehead atoms. The Morgan fingerprint density at radius 2 is 1.76 bits per heavy atom. The smallest absolute Gasteiger partial charge is 0.343 e. The van der Waals surface area contributed by atoms with Gasteiger partial charge in [0, 0.05) is 0 Å². The average Bonchev–Trinajstić information content (AvgIpc) is 2.48. The zero-order valence-corrected chi connectivity index (χ0v) is 12.0. The van der Waals surface area contributed by atoms with Crippen molar-refractivity contribution in [2.75, 3.05) is 6.61 Å². The van der Waals surface area contributed by atoms with E-state index in [1.807, 2.05) is 19.1 Å². The van der Waals surface area contributed by atoms with Crippen LogP contribution in [0.15, 0.2) is 48.5 Å². The summed E-state index contributed by atoms with van der Waals surface area (Å²) >= 11 is 0. The van der Waals surface area contributed by atoms with Crippen molar-refractivity contribution in [3.05, 3.63) is 65.2 Å². The van der Waals surface area contributed by atoms with Gasteiger partial charge in [0.2, 0.25) is 0 Å². The SMILES string of the molecule is CCOC(=O)c1cccc(OC(=O)c2ccccc2C)c1. The Morgan fingerprint density at radius 3 is 2.48 bits per heavy atom. The first-order chi connectivity index (χ1) is 10.1. The fourth-order valence-corrected chi connectivity index (χ4v) is 1.86. The lowest BCUT2D eigenvalue weighted by atomic mass is 10.1. The van der Waals surface area contributed by atoms with E-state index < -0.39 is 11.9 Å². The fraction of sp³-hybridized carbons (Fsp3) is 0.176. The predicted molar refractivity (Wildman–Crippen MR) is 78.5 cm³/mol. The Hall–Kier alpha value is -2.62. The first kappa shape index (κ1) is 14.8. The molecule has 0 aliphatic carbocycles. The van der Waals surface area contributed by atoms with Crippen molar-refractivity contribution >= 4 is 11.9 Å². The van der Waals surface area contributed by atoms with Gasteiger partial charge in [0.25, 0.3) is 0 Å². The molecule has 4 nitrogen and oxygen atoms in total. The molecule has 0 aliphatic rings. The molecular weight excluding hydrogens is 268 g/mol. The molecule has 2 rings (SSSR count). The second kappa shape index (κ2) is 6.70. The number of rotatable bonds is 4. The van der Waals surface area contributed by atoms with Crippen LogP contribution in [0.3, 0.4) is 0 Å². The predicted octanol–water partition coefficient (Wildman–Crippen LogP) is 3.39. The number of esters is 2. The molecule has 0 fully saturated rings. The summed E-state index contributed by atoms with van der Waals surface area (Å²) in [7, 11) is 0. The van der Waals surface area contributed by atoms with Crippen LogP contribution in [0.4, 0.5) is 0 Å². The zero-order valence-electron chi connectivity index (χ0n) is 12.0. The van der Waals surface area contributed by atoms with Gasteiger partial charge in [-0.2, -0.15) is 0 Å². The molecule has 4 heteroatoms. The van der Waals surface area contributed by atoms with Gasteiger partial charge in [-0.15, -0.1) is 0 Å². The van der Waals surface area contributed by atoms with Crippen molar-refractivity contribution < 1.29 is 19.1 Å². The zero-order chi connectivity index (χ0) is 15.2. The van der Waals surface area contributed by atoms with Crippen LogP contribution in [0.5, 0.6) is 5.75 Å². The maximum atomic E-state index is 12.1. The van der Waals surface area contributed by atoms with Crippen molar-refractivity contribution in [2.24, 2.45) is 0 Å². The standard InChI is InChI=1S/C17H16O4/c1-3-20-16(18)13-8-6-9-14(11-13)21-17(19)15-10-5-4-7-12(15)2/h4-11H,3H2,1-2H3. The van der Waals surface area contributed by atoms with Crippen molar-refractivity contribution in [1.82, 2.24) is 0 Å². The molecular formula is C17H16O4. The van der Waals surface area contributed by atoms with E-state index in [0.29, 0.717) is 23.5 Å². The first-order valence-electron chi connectivity index (χ1n) is 6.67. The highest BCUT2D eigenvalue weighted by Gasteiger charge is 2.13. The largest absolute Gasteiger partial charge is 0.462 e. The van der Waals surface area contributed by atoms with Gasteiger partial charge in [0.15, 0.2) is 0 Å². The molecule has 0 spiro atoms. The molecule has 0 amide bonds. The molecule has 0 radical (unpaired) electrons.